The molecule has 54 valence electrons. The van der Waals surface area contributed by atoms with E-state index in [0.717, 1.165) is 0 Å². The smallest absolute Gasteiger partial charge is 0.311 e. The van der Waals surface area contributed by atoms with Gasteiger partial charge >= 0.3 is 5.97 Å². The van der Waals surface area contributed by atoms with Crippen molar-refractivity contribution in [3.63, 3.8) is 0 Å². The number of carbonyl (C=O) groups excluding carboxylic acids is 2. The van der Waals surface area contributed by atoms with E-state index in [0.29, 0.717) is 18.6 Å². The highest BCUT2D eigenvalue weighted by Crippen LogP contribution is 2.17. The van der Waals surface area contributed by atoms with E-state index in [-0.39, 0.29) is 11.1 Å². The molecular formula is C6H6O3S. The third kappa shape index (κ3) is 1.88. The summed E-state index contributed by atoms with van der Waals surface area (Å²) in [4.78, 5) is 20.7. The molecule has 0 aromatic heterocycles. The van der Waals surface area contributed by atoms with Crippen LogP contribution in [0.1, 0.15) is 12.8 Å². The number of carbonyl (C=O) groups is 2. The van der Waals surface area contributed by atoms with E-state index in [9.17, 15) is 9.59 Å². The van der Waals surface area contributed by atoms with E-state index in [1.807, 2.05) is 0 Å². The molecule has 1 heterocycles. The van der Waals surface area contributed by atoms with Crippen molar-refractivity contribution in [3.05, 3.63) is 11.8 Å². The number of hydrogen-bond acceptors (Lipinski definition) is 3. The number of rotatable bonds is 1. The zero-order valence-corrected chi connectivity index (χ0v) is 6.06. The molecule has 0 atom stereocenters. The first-order chi connectivity index (χ1) is 4.68. The molecule has 3 nitrogen and oxygen atoms in total. The van der Waals surface area contributed by atoms with Crippen molar-refractivity contribution in [2.45, 2.75) is 12.8 Å². The molecule has 1 saturated heterocycles. The van der Waals surface area contributed by atoms with Crippen molar-refractivity contribution in [1.82, 2.24) is 0 Å². The second kappa shape index (κ2) is 2.88. The van der Waals surface area contributed by atoms with Crippen molar-refractivity contribution in [3.8, 4) is 0 Å². The maximum Gasteiger partial charge on any atom is 0.311 e. The van der Waals surface area contributed by atoms with Gasteiger partial charge in [0.1, 0.15) is 5.76 Å². The molecule has 1 aliphatic heterocycles. The van der Waals surface area contributed by atoms with E-state index < -0.39 is 0 Å². The van der Waals surface area contributed by atoms with E-state index in [1.54, 1.807) is 0 Å². The molecule has 0 aromatic rings. The molecule has 0 unspecified atom stereocenters. The van der Waals surface area contributed by atoms with Gasteiger partial charge in [0.15, 0.2) is 0 Å². The van der Waals surface area contributed by atoms with Crippen LogP contribution >= 0.6 is 12.6 Å². The highest BCUT2D eigenvalue weighted by Gasteiger charge is 2.16. The van der Waals surface area contributed by atoms with Crippen LogP contribution in [0, 0.1) is 0 Å². The predicted octanol–water partition coefficient (Wildman–Crippen LogP) is 0.664. The molecule has 1 fully saturated rings. The Morgan fingerprint density at radius 1 is 1.60 bits per heavy atom. The zero-order chi connectivity index (χ0) is 7.56. The van der Waals surface area contributed by atoms with Crippen molar-refractivity contribution >= 4 is 23.7 Å². The average molecular weight is 158 g/mol. The lowest BCUT2D eigenvalue weighted by Gasteiger charge is -1.90. The predicted molar refractivity (Wildman–Crippen MR) is 37.4 cm³/mol. The molecule has 10 heavy (non-hydrogen) atoms. The molecule has 0 N–H and O–H groups in total. The fourth-order valence-electron chi connectivity index (χ4n) is 0.713. The highest BCUT2D eigenvalue weighted by molar-refractivity contribution is 7.97. The van der Waals surface area contributed by atoms with E-state index in [4.69, 9.17) is 0 Å². The fourth-order valence-corrected chi connectivity index (χ4v) is 0.857. The van der Waals surface area contributed by atoms with Crippen molar-refractivity contribution < 1.29 is 14.3 Å². The molecule has 4 heteroatoms. The van der Waals surface area contributed by atoms with Gasteiger partial charge in [-0.05, 0) is 0 Å². The van der Waals surface area contributed by atoms with Crippen LogP contribution in [0.25, 0.3) is 0 Å². The molecule has 0 aromatic carbocycles. The second-order valence-electron chi connectivity index (χ2n) is 1.92. The Balaban J connectivity index is 2.59. The Bertz CT molecular complexity index is 207. The summed E-state index contributed by atoms with van der Waals surface area (Å²) in [5, 5.41) is -0.385. The highest BCUT2D eigenvalue weighted by atomic mass is 32.1. The number of allylic oxidation sites excluding steroid dienone is 1. The Labute approximate surface area is 63.5 Å². The van der Waals surface area contributed by atoms with E-state index in [1.165, 1.54) is 6.08 Å². The van der Waals surface area contributed by atoms with Crippen molar-refractivity contribution in [1.29, 1.82) is 0 Å². The minimum Gasteiger partial charge on any atom is -0.431 e. The minimum absolute atomic E-state index is 0.277. The number of esters is 1. The molecule has 1 rings (SSSR count). The lowest BCUT2D eigenvalue weighted by atomic mass is 10.3. The quantitative estimate of drug-likeness (QED) is 0.346. The lowest BCUT2D eigenvalue weighted by Crippen LogP contribution is -1.90. The van der Waals surface area contributed by atoms with Crippen LogP contribution in [0.5, 0.6) is 0 Å². The van der Waals surface area contributed by atoms with Crippen molar-refractivity contribution in [2.24, 2.45) is 0 Å². The summed E-state index contributed by atoms with van der Waals surface area (Å²) in [5.41, 5.74) is 0. The summed E-state index contributed by atoms with van der Waals surface area (Å²) in [5.74, 6) is 0.144. The number of ether oxygens (including phenoxy) is 1. The Hall–Kier alpha value is -0.770. The minimum atomic E-state index is -0.385. The van der Waals surface area contributed by atoms with Gasteiger partial charge in [-0.25, -0.2) is 0 Å². The summed E-state index contributed by atoms with van der Waals surface area (Å²) in [6, 6.07) is 0. The summed E-state index contributed by atoms with van der Waals surface area (Å²) in [6.07, 6.45) is 2.10. The molecule has 0 saturated carbocycles. The van der Waals surface area contributed by atoms with E-state index in [2.05, 4.69) is 17.4 Å². The van der Waals surface area contributed by atoms with Gasteiger partial charge in [-0.2, -0.15) is 0 Å². The Morgan fingerprint density at radius 3 is 2.70 bits per heavy atom. The third-order valence-electron chi connectivity index (χ3n) is 1.10. The molecule has 0 spiro atoms. The molecule has 1 aliphatic rings. The monoisotopic (exact) mass is 158 g/mol. The molecule has 0 amide bonds. The van der Waals surface area contributed by atoms with Gasteiger partial charge in [0.05, 0.1) is 6.42 Å². The average Bonchev–Trinajstić information content (AvgIpc) is 2.13. The van der Waals surface area contributed by atoms with Crippen LogP contribution in [-0.2, 0) is 14.3 Å². The van der Waals surface area contributed by atoms with Crippen LogP contribution in [0.15, 0.2) is 11.8 Å². The van der Waals surface area contributed by atoms with Crippen LogP contribution in [0.3, 0.4) is 0 Å². The standard InChI is InChI=1S/C6H6O3S/c7-5-2-1-4(9-5)3-6(8)10/h3H,1-2H2,(H,8,10)/b4-3+. The largest absolute Gasteiger partial charge is 0.431 e. The van der Waals surface area contributed by atoms with Crippen LogP contribution in [0.2, 0.25) is 0 Å². The summed E-state index contributed by atoms with van der Waals surface area (Å²) < 4.78 is 4.62. The van der Waals surface area contributed by atoms with Crippen LogP contribution in [-0.4, -0.2) is 11.1 Å². The van der Waals surface area contributed by atoms with Gasteiger partial charge in [-0.15, -0.1) is 12.6 Å². The van der Waals surface area contributed by atoms with Gasteiger partial charge in [-0.1, -0.05) is 0 Å². The fraction of sp³-hybridized carbons (Fsp3) is 0.333. The molecular weight excluding hydrogens is 152 g/mol. The Kier molecular flexibility index (Phi) is 2.11. The summed E-state index contributed by atoms with van der Waals surface area (Å²) in [6.45, 7) is 0. The van der Waals surface area contributed by atoms with Gasteiger partial charge in [0.2, 0.25) is 5.12 Å². The molecule has 0 bridgehead atoms. The first kappa shape index (κ1) is 7.34. The SMILES string of the molecule is O=C(S)/C=C1\CCC(=O)O1. The maximum atomic E-state index is 10.4. The van der Waals surface area contributed by atoms with Gasteiger partial charge in [0.25, 0.3) is 0 Å². The topological polar surface area (TPSA) is 43.4 Å². The first-order valence-corrected chi connectivity index (χ1v) is 3.27. The number of thiol groups is 1. The normalized spacial score (nSPS) is 21.3. The maximum absolute atomic E-state index is 10.4. The second-order valence-corrected chi connectivity index (χ2v) is 2.36. The third-order valence-corrected chi connectivity index (χ3v) is 1.23. The number of hydrogen-bond donors (Lipinski definition) is 1. The summed E-state index contributed by atoms with van der Waals surface area (Å²) >= 11 is 3.50. The van der Waals surface area contributed by atoms with Crippen LogP contribution < -0.4 is 0 Å². The van der Waals surface area contributed by atoms with Gasteiger partial charge in [-0.3, -0.25) is 9.59 Å². The lowest BCUT2D eigenvalue weighted by molar-refractivity contribution is -0.135. The van der Waals surface area contributed by atoms with Crippen LogP contribution in [0.4, 0.5) is 0 Å². The molecule has 0 aliphatic carbocycles. The van der Waals surface area contributed by atoms with E-state index >= 15 is 0 Å². The van der Waals surface area contributed by atoms with Crippen molar-refractivity contribution in [2.75, 3.05) is 0 Å². The molecule has 0 radical (unpaired) electrons. The Morgan fingerprint density at radius 2 is 2.30 bits per heavy atom. The number of cyclic esters (lactones) is 1. The van der Waals surface area contributed by atoms with Gasteiger partial charge < -0.3 is 4.74 Å². The zero-order valence-electron chi connectivity index (χ0n) is 5.16. The first-order valence-electron chi connectivity index (χ1n) is 2.82. The van der Waals surface area contributed by atoms with Gasteiger partial charge in [0, 0.05) is 12.5 Å². The summed E-state index contributed by atoms with van der Waals surface area (Å²) in [7, 11) is 0.